The fourth-order valence-corrected chi connectivity index (χ4v) is 2.58. The molecule has 1 heterocycles. The highest BCUT2D eigenvalue weighted by Gasteiger charge is 2.25. The van der Waals surface area contributed by atoms with Crippen molar-refractivity contribution in [1.82, 2.24) is 0 Å². The monoisotopic (exact) mass is 279 g/mol. The quantitative estimate of drug-likeness (QED) is 0.796. The fraction of sp³-hybridized carbons (Fsp3) is 0.0769. The molecular formula is C13H7ClFNOS. The van der Waals surface area contributed by atoms with Crippen LogP contribution in [0.1, 0.15) is 21.2 Å². The van der Waals surface area contributed by atoms with Gasteiger partial charge in [0.15, 0.2) is 5.78 Å². The first-order chi connectivity index (χ1) is 8.63. The second kappa shape index (κ2) is 5.30. The van der Waals surface area contributed by atoms with Crippen LogP contribution in [0, 0.1) is 17.1 Å². The third-order valence-corrected chi connectivity index (χ3v) is 3.67. The highest BCUT2D eigenvalue weighted by Crippen LogP contribution is 2.28. The molecule has 0 radical (unpaired) electrons. The molecule has 0 amide bonds. The van der Waals surface area contributed by atoms with Crippen molar-refractivity contribution >= 4 is 28.7 Å². The van der Waals surface area contributed by atoms with E-state index in [4.69, 9.17) is 16.9 Å². The SMILES string of the molecule is N#CC(C(=O)c1ccc(Cl)s1)c1ccccc1F. The smallest absolute Gasteiger partial charge is 0.194 e. The van der Waals surface area contributed by atoms with Gasteiger partial charge in [-0.2, -0.15) is 5.26 Å². The second-order valence-electron chi connectivity index (χ2n) is 3.55. The zero-order chi connectivity index (χ0) is 13.1. The van der Waals surface area contributed by atoms with Gasteiger partial charge < -0.3 is 0 Å². The summed E-state index contributed by atoms with van der Waals surface area (Å²) in [5.74, 6) is -2.12. The third-order valence-electron chi connectivity index (χ3n) is 2.42. The molecular weight excluding hydrogens is 273 g/mol. The number of rotatable bonds is 3. The fourth-order valence-electron chi connectivity index (χ4n) is 1.57. The summed E-state index contributed by atoms with van der Waals surface area (Å²) in [4.78, 5) is 12.5. The number of Topliss-reactive ketones (excluding diaryl/α,β-unsaturated/α-hetero) is 1. The van der Waals surface area contributed by atoms with Crippen LogP contribution in [0.3, 0.4) is 0 Å². The van der Waals surface area contributed by atoms with Gasteiger partial charge in [-0.1, -0.05) is 29.8 Å². The van der Waals surface area contributed by atoms with Crippen LogP contribution in [0.2, 0.25) is 4.34 Å². The number of nitriles is 1. The van der Waals surface area contributed by atoms with E-state index < -0.39 is 17.5 Å². The Morgan fingerprint density at radius 1 is 1.33 bits per heavy atom. The van der Waals surface area contributed by atoms with Crippen molar-refractivity contribution in [2.24, 2.45) is 0 Å². The van der Waals surface area contributed by atoms with Crippen molar-refractivity contribution in [2.75, 3.05) is 0 Å². The summed E-state index contributed by atoms with van der Waals surface area (Å²) in [7, 11) is 0. The molecule has 90 valence electrons. The molecule has 0 bridgehead atoms. The van der Waals surface area contributed by atoms with Crippen molar-refractivity contribution in [1.29, 1.82) is 5.26 Å². The highest BCUT2D eigenvalue weighted by atomic mass is 35.5. The minimum Gasteiger partial charge on any atom is -0.291 e. The van der Waals surface area contributed by atoms with Gasteiger partial charge in [0, 0.05) is 5.56 Å². The van der Waals surface area contributed by atoms with Crippen LogP contribution in [0.5, 0.6) is 0 Å². The van der Waals surface area contributed by atoms with E-state index in [2.05, 4.69) is 0 Å². The van der Waals surface area contributed by atoms with Crippen molar-refractivity contribution in [2.45, 2.75) is 5.92 Å². The molecule has 2 aromatic rings. The van der Waals surface area contributed by atoms with E-state index >= 15 is 0 Å². The van der Waals surface area contributed by atoms with E-state index in [1.54, 1.807) is 18.2 Å². The number of benzene rings is 1. The lowest BCUT2D eigenvalue weighted by Crippen LogP contribution is -2.11. The Morgan fingerprint density at radius 2 is 2.06 bits per heavy atom. The molecule has 0 aliphatic heterocycles. The summed E-state index contributed by atoms with van der Waals surface area (Å²) >= 11 is 6.82. The van der Waals surface area contributed by atoms with Crippen molar-refractivity contribution < 1.29 is 9.18 Å². The van der Waals surface area contributed by atoms with Gasteiger partial charge in [0.25, 0.3) is 0 Å². The molecule has 0 saturated carbocycles. The summed E-state index contributed by atoms with van der Waals surface area (Å²) in [6, 6.07) is 10.7. The van der Waals surface area contributed by atoms with E-state index in [0.29, 0.717) is 9.21 Å². The Labute approximate surface area is 112 Å². The van der Waals surface area contributed by atoms with E-state index in [1.807, 2.05) is 6.07 Å². The number of thiophene rings is 1. The number of nitrogens with zero attached hydrogens (tertiary/aromatic N) is 1. The summed E-state index contributed by atoms with van der Waals surface area (Å²) in [5, 5.41) is 9.08. The van der Waals surface area contributed by atoms with Crippen LogP contribution >= 0.6 is 22.9 Å². The van der Waals surface area contributed by atoms with E-state index in [-0.39, 0.29) is 5.56 Å². The van der Waals surface area contributed by atoms with E-state index in [1.165, 1.54) is 18.2 Å². The summed E-state index contributed by atoms with van der Waals surface area (Å²) in [6.07, 6.45) is 0. The Morgan fingerprint density at radius 3 is 2.61 bits per heavy atom. The largest absolute Gasteiger partial charge is 0.291 e. The Hall–Kier alpha value is -1.70. The molecule has 0 aliphatic rings. The Bertz CT molecular complexity index is 632. The van der Waals surface area contributed by atoms with Crippen molar-refractivity contribution in [3.63, 3.8) is 0 Å². The van der Waals surface area contributed by atoms with Crippen LogP contribution in [0.15, 0.2) is 36.4 Å². The summed E-state index contributed by atoms with van der Waals surface area (Å²) < 4.78 is 14.0. The molecule has 1 aromatic carbocycles. The standard InChI is InChI=1S/C13H7ClFNOS/c14-12-6-5-11(18-12)13(17)9(7-16)8-3-1-2-4-10(8)15/h1-6,9H. The Balaban J connectivity index is 2.39. The average molecular weight is 280 g/mol. The number of carbonyl (C=O) groups is 1. The first-order valence-electron chi connectivity index (χ1n) is 5.07. The van der Waals surface area contributed by atoms with E-state index in [9.17, 15) is 9.18 Å². The maximum absolute atomic E-state index is 13.6. The third kappa shape index (κ3) is 2.42. The lowest BCUT2D eigenvalue weighted by atomic mass is 9.95. The number of carbonyl (C=O) groups excluding carboxylic acids is 1. The normalized spacial score (nSPS) is 11.8. The molecule has 1 atom stereocenters. The first-order valence-corrected chi connectivity index (χ1v) is 6.26. The highest BCUT2D eigenvalue weighted by molar-refractivity contribution is 7.18. The molecule has 2 rings (SSSR count). The topological polar surface area (TPSA) is 40.9 Å². The van der Waals surface area contributed by atoms with Crippen molar-refractivity contribution in [3.8, 4) is 6.07 Å². The molecule has 0 fully saturated rings. The van der Waals surface area contributed by atoms with Gasteiger partial charge in [0.1, 0.15) is 11.7 Å². The molecule has 0 aliphatic carbocycles. The zero-order valence-corrected chi connectivity index (χ0v) is 10.6. The van der Waals surface area contributed by atoms with Crippen LogP contribution in [0.4, 0.5) is 4.39 Å². The van der Waals surface area contributed by atoms with Gasteiger partial charge in [-0.3, -0.25) is 4.79 Å². The zero-order valence-electron chi connectivity index (χ0n) is 9.06. The summed E-state index contributed by atoms with van der Waals surface area (Å²) in [6.45, 7) is 0. The minimum absolute atomic E-state index is 0.0922. The number of hydrogen-bond donors (Lipinski definition) is 0. The Kier molecular flexibility index (Phi) is 3.75. The second-order valence-corrected chi connectivity index (χ2v) is 5.27. The lowest BCUT2D eigenvalue weighted by Gasteiger charge is -2.07. The lowest BCUT2D eigenvalue weighted by molar-refractivity contribution is 0.0981. The molecule has 1 aromatic heterocycles. The molecule has 0 saturated heterocycles. The number of hydrogen-bond acceptors (Lipinski definition) is 3. The van der Waals surface area contributed by atoms with Gasteiger partial charge in [-0.15, -0.1) is 11.3 Å². The molecule has 1 unspecified atom stereocenters. The maximum Gasteiger partial charge on any atom is 0.194 e. The van der Waals surface area contributed by atoms with Crippen LogP contribution in [0.25, 0.3) is 0 Å². The predicted molar refractivity (Wildman–Crippen MR) is 68.4 cm³/mol. The van der Waals surface area contributed by atoms with Gasteiger partial charge in [-0.05, 0) is 18.2 Å². The minimum atomic E-state index is -1.14. The van der Waals surface area contributed by atoms with Gasteiger partial charge in [-0.25, -0.2) is 4.39 Å². The number of ketones is 1. The maximum atomic E-state index is 13.6. The van der Waals surface area contributed by atoms with E-state index in [0.717, 1.165) is 11.3 Å². The van der Waals surface area contributed by atoms with Gasteiger partial charge >= 0.3 is 0 Å². The molecule has 18 heavy (non-hydrogen) atoms. The molecule has 2 nitrogen and oxygen atoms in total. The van der Waals surface area contributed by atoms with Crippen LogP contribution in [-0.2, 0) is 0 Å². The van der Waals surface area contributed by atoms with Crippen molar-refractivity contribution in [3.05, 3.63) is 57.0 Å². The molecule has 0 spiro atoms. The molecule has 0 N–H and O–H groups in total. The van der Waals surface area contributed by atoms with Gasteiger partial charge in [0.05, 0.1) is 15.3 Å². The predicted octanol–water partition coefficient (Wildman–Crippen LogP) is 4.03. The van der Waals surface area contributed by atoms with Crippen LogP contribution < -0.4 is 0 Å². The molecule has 5 heteroatoms. The average Bonchev–Trinajstić information content (AvgIpc) is 2.79. The first kappa shape index (κ1) is 12.7. The summed E-state index contributed by atoms with van der Waals surface area (Å²) in [5.41, 5.74) is 0.0922. The van der Waals surface area contributed by atoms with Crippen LogP contribution in [-0.4, -0.2) is 5.78 Å². The number of halogens is 2. The van der Waals surface area contributed by atoms with Gasteiger partial charge in [0.2, 0.25) is 0 Å².